The minimum Gasteiger partial charge on any atom is -0.380 e. The number of nitriles is 1. The zero-order valence-corrected chi connectivity index (χ0v) is 22.3. The molecule has 7 rings (SSSR count). The van der Waals surface area contributed by atoms with Gasteiger partial charge in [0.1, 0.15) is 12.1 Å². The largest absolute Gasteiger partial charge is 0.380 e. The Balaban J connectivity index is 1.24. The predicted molar refractivity (Wildman–Crippen MR) is 149 cm³/mol. The number of anilines is 1. The van der Waals surface area contributed by atoms with Crippen molar-refractivity contribution in [3.8, 4) is 28.6 Å². The number of carbonyl (C=O) groups is 1. The van der Waals surface area contributed by atoms with Gasteiger partial charge in [-0.2, -0.15) is 5.26 Å². The van der Waals surface area contributed by atoms with Gasteiger partial charge < -0.3 is 14.6 Å². The molecule has 9 heteroatoms. The molecule has 2 aromatic carbocycles. The molecule has 1 atom stereocenters. The average Bonchev–Trinajstić information content (AvgIpc) is 3.37. The number of aromatic nitrogens is 4. The molecule has 1 aliphatic carbocycles. The van der Waals surface area contributed by atoms with E-state index in [4.69, 9.17) is 9.72 Å². The number of hydrogen-bond acceptors (Lipinski definition) is 7. The molecule has 0 unspecified atom stereocenters. The van der Waals surface area contributed by atoms with Gasteiger partial charge in [0.15, 0.2) is 5.82 Å². The van der Waals surface area contributed by atoms with Gasteiger partial charge in [-0.25, -0.2) is 4.98 Å². The Morgan fingerprint density at radius 2 is 1.98 bits per heavy atom. The molecule has 1 saturated heterocycles. The number of nitrogens with one attached hydrogen (secondary N) is 1. The summed E-state index contributed by atoms with van der Waals surface area (Å²) in [5, 5.41) is 21.5. The number of ether oxygens (including phenoxy) is 1. The van der Waals surface area contributed by atoms with Crippen molar-refractivity contribution in [2.24, 2.45) is 7.05 Å². The molecule has 0 spiro atoms. The van der Waals surface area contributed by atoms with Crippen molar-refractivity contribution in [3.63, 3.8) is 0 Å². The maximum Gasteiger partial charge on any atom is 0.260 e. The summed E-state index contributed by atoms with van der Waals surface area (Å²) in [7, 11) is 1.89. The highest BCUT2D eigenvalue weighted by Crippen LogP contribution is 2.43. The maximum atomic E-state index is 13.7. The summed E-state index contributed by atoms with van der Waals surface area (Å²) < 4.78 is 7.31. The van der Waals surface area contributed by atoms with Crippen molar-refractivity contribution in [1.82, 2.24) is 25.1 Å². The Morgan fingerprint density at radius 1 is 1.07 bits per heavy atom. The third-order valence-corrected chi connectivity index (χ3v) is 8.02. The van der Waals surface area contributed by atoms with Crippen LogP contribution in [-0.2, 0) is 24.9 Å². The van der Waals surface area contributed by atoms with Crippen molar-refractivity contribution in [3.05, 3.63) is 82.8 Å². The molecule has 2 aliphatic heterocycles. The van der Waals surface area contributed by atoms with Crippen LogP contribution in [-0.4, -0.2) is 44.9 Å². The second kappa shape index (κ2) is 9.97. The maximum absolute atomic E-state index is 13.7. The molecule has 1 saturated carbocycles. The molecule has 4 aromatic rings. The summed E-state index contributed by atoms with van der Waals surface area (Å²) >= 11 is 0. The van der Waals surface area contributed by atoms with E-state index < -0.39 is 0 Å². The van der Waals surface area contributed by atoms with Crippen LogP contribution in [0.4, 0.5) is 5.82 Å². The fraction of sp³-hybridized carbons (Fsp3) is 0.323. The van der Waals surface area contributed by atoms with Crippen LogP contribution in [0.15, 0.2) is 54.9 Å². The number of carbonyl (C=O) groups excluding carboxylic acids is 1. The van der Waals surface area contributed by atoms with Crippen LogP contribution in [0.25, 0.3) is 22.5 Å². The third-order valence-electron chi connectivity index (χ3n) is 8.02. The second-order valence-electron chi connectivity index (χ2n) is 10.9. The van der Waals surface area contributed by atoms with E-state index in [0.29, 0.717) is 42.3 Å². The average molecular weight is 532 g/mol. The summed E-state index contributed by atoms with van der Waals surface area (Å²) in [6.07, 6.45) is 4.85. The number of hydrogen-bond donors (Lipinski definition) is 1. The van der Waals surface area contributed by atoms with E-state index in [0.717, 1.165) is 71.6 Å². The SMILES string of the molecule is Cn1cnnc1-c1cc(C#N)ccc1-c1cc(C2CC2)nc(N2Cc3ccc(CN[C@H]4CCOC4)cc3C2=O)c1. The van der Waals surface area contributed by atoms with Crippen molar-refractivity contribution in [2.45, 2.75) is 44.3 Å². The first kappa shape index (κ1) is 24.6. The van der Waals surface area contributed by atoms with Crippen LogP contribution in [0.2, 0.25) is 0 Å². The predicted octanol–water partition coefficient (Wildman–Crippen LogP) is 4.33. The first-order valence-corrected chi connectivity index (χ1v) is 13.7. The molecule has 9 nitrogen and oxygen atoms in total. The highest BCUT2D eigenvalue weighted by atomic mass is 16.5. The van der Waals surface area contributed by atoms with Crippen molar-refractivity contribution < 1.29 is 9.53 Å². The molecule has 1 amide bonds. The molecular formula is C31H29N7O2. The Kier molecular flexibility index (Phi) is 6.14. The van der Waals surface area contributed by atoms with Gasteiger partial charge in [-0.1, -0.05) is 18.2 Å². The van der Waals surface area contributed by atoms with Gasteiger partial charge in [0.25, 0.3) is 5.91 Å². The third kappa shape index (κ3) is 4.55. The first-order chi connectivity index (χ1) is 19.6. The van der Waals surface area contributed by atoms with Crippen molar-refractivity contribution >= 4 is 11.7 Å². The first-order valence-electron chi connectivity index (χ1n) is 13.7. The Hall–Kier alpha value is -4.39. The number of nitrogens with zero attached hydrogens (tertiary/aromatic N) is 6. The van der Waals surface area contributed by atoms with Crippen LogP contribution in [0.1, 0.15) is 57.9 Å². The number of rotatable bonds is 7. The monoisotopic (exact) mass is 531 g/mol. The van der Waals surface area contributed by atoms with Crippen molar-refractivity contribution in [1.29, 1.82) is 5.26 Å². The second-order valence-corrected chi connectivity index (χ2v) is 10.9. The smallest absolute Gasteiger partial charge is 0.260 e. The van der Waals surface area contributed by atoms with Crippen LogP contribution >= 0.6 is 0 Å². The standard InChI is InChI=1S/C31H29N7O2/c1-37-18-34-36-30(37)27-10-19(14-32)3-7-25(27)23-12-28(21-5-6-21)35-29(13-23)38-16-22-4-2-20(11-26(22)31(38)39)15-33-24-8-9-40-17-24/h2-4,7,10-13,18,21,24,33H,5-6,8-9,15-17H2,1H3/t24-/m0/s1. The lowest BCUT2D eigenvalue weighted by atomic mass is 9.96. The lowest BCUT2D eigenvalue weighted by molar-refractivity contribution is 0.0996. The summed E-state index contributed by atoms with van der Waals surface area (Å²) in [5.41, 5.74) is 7.07. The highest BCUT2D eigenvalue weighted by molar-refractivity contribution is 6.10. The van der Waals surface area contributed by atoms with E-state index in [-0.39, 0.29) is 5.91 Å². The number of pyridine rings is 1. The van der Waals surface area contributed by atoms with Crippen LogP contribution in [0, 0.1) is 11.3 Å². The molecule has 3 aliphatic rings. The van der Waals surface area contributed by atoms with Crippen LogP contribution in [0.3, 0.4) is 0 Å². The minimum absolute atomic E-state index is 0.0270. The number of fused-ring (bicyclic) bond motifs is 1. The lowest BCUT2D eigenvalue weighted by Gasteiger charge is -2.18. The molecule has 2 fully saturated rings. The van der Waals surface area contributed by atoms with Crippen molar-refractivity contribution in [2.75, 3.05) is 18.1 Å². The van der Waals surface area contributed by atoms with Gasteiger partial charge in [0, 0.05) is 49.0 Å². The number of benzene rings is 2. The van der Waals surface area contributed by atoms with Gasteiger partial charge in [0.2, 0.25) is 0 Å². The topological polar surface area (TPSA) is 109 Å². The summed E-state index contributed by atoms with van der Waals surface area (Å²) in [4.78, 5) is 20.5. The Bertz CT molecular complexity index is 1660. The van der Waals surface area contributed by atoms with Gasteiger partial charge >= 0.3 is 0 Å². The lowest BCUT2D eigenvalue weighted by Crippen LogP contribution is -2.28. The van der Waals surface area contributed by atoms with E-state index in [1.807, 2.05) is 41.9 Å². The quantitative estimate of drug-likeness (QED) is 0.378. The van der Waals surface area contributed by atoms with Crippen LogP contribution in [0.5, 0.6) is 0 Å². The van der Waals surface area contributed by atoms with Crippen LogP contribution < -0.4 is 10.2 Å². The fourth-order valence-electron chi connectivity index (χ4n) is 5.60. The normalized spacial score (nSPS) is 18.2. The molecular weight excluding hydrogens is 502 g/mol. The van der Waals surface area contributed by atoms with Gasteiger partial charge in [-0.3, -0.25) is 9.69 Å². The fourth-order valence-corrected chi connectivity index (χ4v) is 5.60. The Morgan fingerprint density at radius 3 is 2.73 bits per heavy atom. The van der Waals surface area contributed by atoms with E-state index >= 15 is 0 Å². The zero-order chi connectivity index (χ0) is 27.2. The van der Waals surface area contributed by atoms with E-state index in [1.54, 1.807) is 11.2 Å². The molecule has 1 N–H and O–H groups in total. The van der Waals surface area contributed by atoms with E-state index in [1.165, 1.54) is 0 Å². The number of aryl methyl sites for hydroxylation is 1. The molecule has 0 radical (unpaired) electrons. The zero-order valence-electron chi connectivity index (χ0n) is 22.3. The van der Waals surface area contributed by atoms with Gasteiger partial charge in [0.05, 0.1) is 24.8 Å². The molecule has 2 aromatic heterocycles. The highest BCUT2D eigenvalue weighted by Gasteiger charge is 2.32. The molecule has 40 heavy (non-hydrogen) atoms. The van der Waals surface area contributed by atoms with Gasteiger partial charge in [-0.15, -0.1) is 10.2 Å². The summed E-state index contributed by atoms with van der Waals surface area (Å²) in [6.45, 7) is 2.73. The molecule has 0 bridgehead atoms. The Labute approximate surface area is 232 Å². The molecule has 4 heterocycles. The van der Waals surface area contributed by atoms with Gasteiger partial charge in [-0.05, 0) is 71.8 Å². The van der Waals surface area contributed by atoms with E-state index in [9.17, 15) is 10.1 Å². The number of amides is 1. The minimum atomic E-state index is -0.0270. The van der Waals surface area contributed by atoms with E-state index in [2.05, 4.69) is 39.8 Å². The summed E-state index contributed by atoms with van der Waals surface area (Å²) in [5.74, 6) is 1.69. The summed E-state index contributed by atoms with van der Waals surface area (Å²) in [6, 6.07) is 18.5. The molecule has 200 valence electrons.